The van der Waals surface area contributed by atoms with Crippen LogP contribution in [0.1, 0.15) is 25.0 Å². The van der Waals surface area contributed by atoms with Gasteiger partial charge in [-0.15, -0.1) is 0 Å². The molecule has 29 heavy (non-hydrogen) atoms. The van der Waals surface area contributed by atoms with Crippen LogP contribution in [0.15, 0.2) is 41.0 Å². The molecule has 2 aliphatic rings. The lowest BCUT2D eigenvalue weighted by Crippen LogP contribution is -2.44. The minimum Gasteiger partial charge on any atom is -0.487 e. The topological polar surface area (TPSA) is 63.0 Å². The van der Waals surface area contributed by atoms with Crippen molar-refractivity contribution in [3.8, 4) is 5.75 Å². The van der Waals surface area contributed by atoms with E-state index in [4.69, 9.17) is 9.15 Å². The van der Waals surface area contributed by atoms with E-state index in [1.54, 1.807) is 28.2 Å². The van der Waals surface area contributed by atoms with E-state index in [9.17, 15) is 18.4 Å². The van der Waals surface area contributed by atoms with Crippen LogP contribution in [0, 0.1) is 17.6 Å². The molecule has 3 heterocycles. The fraction of sp³-hybridized carbons (Fsp3) is 0.429. The van der Waals surface area contributed by atoms with Crippen molar-refractivity contribution in [3.05, 3.63) is 54.0 Å². The largest absolute Gasteiger partial charge is 0.487 e. The van der Waals surface area contributed by atoms with Crippen molar-refractivity contribution in [2.24, 2.45) is 5.92 Å². The van der Waals surface area contributed by atoms with Crippen LogP contribution >= 0.6 is 0 Å². The zero-order valence-corrected chi connectivity index (χ0v) is 15.9. The molecule has 1 aromatic heterocycles. The van der Waals surface area contributed by atoms with Gasteiger partial charge in [0.2, 0.25) is 11.8 Å². The fourth-order valence-electron chi connectivity index (χ4n) is 3.88. The maximum atomic E-state index is 13.8. The highest BCUT2D eigenvalue weighted by atomic mass is 19.1. The van der Waals surface area contributed by atoms with Gasteiger partial charge in [0.1, 0.15) is 17.7 Å². The molecule has 154 valence electrons. The summed E-state index contributed by atoms with van der Waals surface area (Å²) >= 11 is 0. The summed E-state index contributed by atoms with van der Waals surface area (Å²) in [5.74, 6) is -1.11. The van der Waals surface area contributed by atoms with E-state index in [-0.39, 0.29) is 36.0 Å². The van der Waals surface area contributed by atoms with Crippen molar-refractivity contribution in [2.45, 2.75) is 31.9 Å². The van der Waals surface area contributed by atoms with Crippen LogP contribution in [0.5, 0.6) is 5.75 Å². The first-order valence-electron chi connectivity index (χ1n) is 9.70. The Kier molecular flexibility index (Phi) is 5.51. The van der Waals surface area contributed by atoms with Crippen molar-refractivity contribution in [1.29, 1.82) is 0 Å². The van der Waals surface area contributed by atoms with Gasteiger partial charge < -0.3 is 19.0 Å². The Hall–Kier alpha value is -2.90. The van der Waals surface area contributed by atoms with Crippen LogP contribution in [0.3, 0.4) is 0 Å². The first-order valence-corrected chi connectivity index (χ1v) is 9.70. The van der Waals surface area contributed by atoms with Crippen LogP contribution in [0.4, 0.5) is 8.78 Å². The van der Waals surface area contributed by atoms with E-state index in [0.29, 0.717) is 44.8 Å². The van der Waals surface area contributed by atoms with Gasteiger partial charge in [-0.05, 0) is 24.3 Å². The van der Waals surface area contributed by atoms with Gasteiger partial charge in [-0.25, -0.2) is 8.78 Å². The lowest BCUT2D eigenvalue weighted by Gasteiger charge is -2.33. The molecule has 1 unspecified atom stereocenters. The first-order chi connectivity index (χ1) is 14.0. The Morgan fingerprint density at radius 3 is 2.69 bits per heavy atom. The molecule has 0 saturated carbocycles. The third-order valence-corrected chi connectivity index (χ3v) is 5.43. The monoisotopic (exact) mass is 404 g/mol. The molecule has 4 rings (SSSR count). The minimum absolute atomic E-state index is 0.0196. The van der Waals surface area contributed by atoms with Crippen LogP contribution in [0.2, 0.25) is 0 Å². The molecule has 2 aliphatic heterocycles. The number of nitrogens with zero attached hydrogens (tertiary/aromatic N) is 2. The number of carbonyl (C=O) groups is 2. The number of ether oxygens (including phenoxy) is 1. The Labute approximate surface area is 167 Å². The van der Waals surface area contributed by atoms with E-state index in [0.717, 1.165) is 12.1 Å². The molecule has 6 nitrogen and oxygen atoms in total. The van der Waals surface area contributed by atoms with E-state index in [2.05, 4.69) is 0 Å². The third kappa shape index (κ3) is 4.41. The second-order valence-corrected chi connectivity index (χ2v) is 7.47. The molecule has 2 saturated heterocycles. The van der Waals surface area contributed by atoms with Crippen LogP contribution in [0.25, 0.3) is 0 Å². The molecule has 1 atom stereocenters. The van der Waals surface area contributed by atoms with Gasteiger partial charge in [-0.3, -0.25) is 9.59 Å². The van der Waals surface area contributed by atoms with Crippen molar-refractivity contribution >= 4 is 11.8 Å². The molecule has 0 spiro atoms. The summed E-state index contributed by atoms with van der Waals surface area (Å²) in [4.78, 5) is 28.5. The lowest BCUT2D eigenvalue weighted by atomic mass is 10.0. The van der Waals surface area contributed by atoms with Crippen LogP contribution in [-0.2, 0) is 16.1 Å². The highest BCUT2D eigenvalue weighted by Crippen LogP contribution is 2.26. The highest BCUT2D eigenvalue weighted by Gasteiger charge is 2.38. The van der Waals surface area contributed by atoms with Gasteiger partial charge in [-0.2, -0.15) is 0 Å². The number of piperidine rings is 1. The van der Waals surface area contributed by atoms with Crippen molar-refractivity contribution in [3.63, 3.8) is 0 Å². The third-order valence-electron chi connectivity index (χ3n) is 5.43. The molecule has 0 N–H and O–H groups in total. The van der Waals surface area contributed by atoms with Crippen LogP contribution < -0.4 is 4.74 Å². The maximum absolute atomic E-state index is 13.8. The summed E-state index contributed by atoms with van der Waals surface area (Å²) in [6.07, 6.45) is 2.64. The minimum atomic E-state index is -0.732. The van der Waals surface area contributed by atoms with Gasteiger partial charge >= 0.3 is 0 Å². The molecule has 2 aromatic rings. The molecule has 0 aliphatic carbocycles. The van der Waals surface area contributed by atoms with Gasteiger partial charge in [0.15, 0.2) is 11.6 Å². The molecule has 2 amide bonds. The number of carbonyl (C=O) groups excluding carboxylic acids is 2. The number of hydrogen-bond donors (Lipinski definition) is 0. The summed E-state index contributed by atoms with van der Waals surface area (Å²) in [6.45, 7) is 1.72. The molecular formula is C21H22F2N2O4. The lowest BCUT2D eigenvalue weighted by molar-refractivity contribution is -0.137. The highest BCUT2D eigenvalue weighted by molar-refractivity contribution is 5.89. The molecule has 1 aromatic carbocycles. The molecule has 0 bridgehead atoms. The SMILES string of the molecule is O=C1CC(C(=O)N2CCC(Oc3ccc(F)cc3F)CC2)CN1Cc1ccco1. The Morgan fingerprint density at radius 1 is 1.21 bits per heavy atom. The second kappa shape index (κ2) is 8.23. The summed E-state index contributed by atoms with van der Waals surface area (Å²) < 4.78 is 37.7. The summed E-state index contributed by atoms with van der Waals surface area (Å²) in [6, 6.07) is 6.79. The van der Waals surface area contributed by atoms with E-state index in [1.165, 1.54) is 6.07 Å². The van der Waals surface area contributed by atoms with Crippen molar-refractivity contribution < 1.29 is 27.5 Å². The fourth-order valence-corrected chi connectivity index (χ4v) is 3.88. The number of amides is 2. The summed E-state index contributed by atoms with van der Waals surface area (Å²) in [7, 11) is 0. The quantitative estimate of drug-likeness (QED) is 0.769. The average Bonchev–Trinajstić information content (AvgIpc) is 3.34. The molecule has 2 fully saturated rings. The molecule has 8 heteroatoms. The normalized spacial score (nSPS) is 20.3. The predicted molar refractivity (Wildman–Crippen MR) is 98.8 cm³/mol. The molecule has 0 radical (unpaired) electrons. The zero-order chi connectivity index (χ0) is 20.4. The van der Waals surface area contributed by atoms with Crippen LogP contribution in [-0.4, -0.2) is 47.4 Å². The van der Waals surface area contributed by atoms with Gasteiger partial charge in [0.25, 0.3) is 0 Å². The number of hydrogen-bond acceptors (Lipinski definition) is 4. The average molecular weight is 404 g/mol. The van der Waals surface area contributed by atoms with Gasteiger partial charge in [0, 0.05) is 45.0 Å². The zero-order valence-electron chi connectivity index (χ0n) is 15.9. The second-order valence-electron chi connectivity index (χ2n) is 7.47. The van der Waals surface area contributed by atoms with E-state index >= 15 is 0 Å². The number of halogens is 2. The Morgan fingerprint density at radius 2 is 2.00 bits per heavy atom. The standard InChI is InChI=1S/C21H22F2N2O4/c22-15-3-4-19(18(23)11-15)29-16-5-7-24(8-6-16)21(27)14-10-20(26)25(12-14)13-17-2-1-9-28-17/h1-4,9,11,14,16H,5-8,10,12-13H2. The number of benzene rings is 1. The first kappa shape index (κ1) is 19.4. The summed E-state index contributed by atoms with van der Waals surface area (Å²) in [5, 5.41) is 0. The van der Waals surface area contributed by atoms with Crippen molar-refractivity contribution in [2.75, 3.05) is 19.6 Å². The van der Waals surface area contributed by atoms with Gasteiger partial charge in [0.05, 0.1) is 18.7 Å². The smallest absolute Gasteiger partial charge is 0.227 e. The summed E-state index contributed by atoms with van der Waals surface area (Å²) in [5.41, 5.74) is 0. The number of furan rings is 1. The number of likely N-dealkylation sites (tertiary alicyclic amines) is 2. The van der Waals surface area contributed by atoms with Crippen molar-refractivity contribution in [1.82, 2.24) is 9.80 Å². The Bertz CT molecular complexity index is 879. The predicted octanol–water partition coefficient (Wildman–Crippen LogP) is 2.98. The maximum Gasteiger partial charge on any atom is 0.227 e. The van der Waals surface area contributed by atoms with E-state index < -0.39 is 11.6 Å². The molecular weight excluding hydrogens is 382 g/mol. The Balaban J connectivity index is 1.28. The number of rotatable bonds is 5. The van der Waals surface area contributed by atoms with E-state index in [1.807, 2.05) is 0 Å². The van der Waals surface area contributed by atoms with Gasteiger partial charge in [-0.1, -0.05) is 0 Å².